The van der Waals surface area contributed by atoms with Crippen molar-refractivity contribution in [3.63, 3.8) is 0 Å². The second-order valence-electron chi connectivity index (χ2n) is 4.37. The van der Waals surface area contributed by atoms with Crippen molar-refractivity contribution in [2.75, 3.05) is 0 Å². The van der Waals surface area contributed by atoms with E-state index in [1.165, 1.54) is 0 Å². The van der Waals surface area contributed by atoms with Gasteiger partial charge in [0.15, 0.2) is 17.2 Å². The van der Waals surface area contributed by atoms with Crippen LogP contribution < -0.4 is 5.43 Å². The van der Waals surface area contributed by atoms with Crippen molar-refractivity contribution in [3.8, 4) is 17.2 Å². The molecule has 6 heteroatoms. The lowest BCUT2D eigenvalue weighted by atomic mass is 10.1. The van der Waals surface area contributed by atoms with Crippen LogP contribution in [-0.4, -0.2) is 26.9 Å². The summed E-state index contributed by atoms with van der Waals surface area (Å²) in [5.74, 6) is -2.45. The fourth-order valence-electron chi connectivity index (χ4n) is 1.68. The Morgan fingerprint density at radius 1 is 1.00 bits per heavy atom. The number of phenols is 3. The number of aromatic hydroxyl groups is 3. The minimum atomic E-state index is -0.671. The molecule has 0 spiro atoms. The van der Waals surface area contributed by atoms with Crippen LogP contribution in [0.4, 0.5) is 0 Å². The molecular weight excluding hydrogens is 272 g/mol. The van der Waals surface area contributed by atoms with Crippen LogP contribution in [0.1, 0.15) is 22.8 Å². The van der Waals surface area contributed by atoms with Crippen molar-refractivity contribution in [3.05, 3.63) is 53.6 Å². The maximum Gasteiger partial charge on any atom is 0.271 e. The number of rotatable bonds is 3. The summed E-state index contributed by atoms with van der Waals surface area (Å²) in [6.45, 7) is 1.74. The fourth-order valence-corrected chi connectivity index (χ4v) is 1.68. The first kappa shape index (κ1) is 14.4. The zero-order valence-corrected chi connectivity index (χ0v) is 11.2. The first-order valence-electron chi connectivity index (χ1n) is 6.14. The highest BCUT2D eigenvalue weighted by Gasteiger charge is 2.13. The number of phenolic OH excluding ortho intramolecular Hbond substituents is 3. The van der Waals surface area contributed by atoms with Crippen molar-refractivity contribution in [2.24, 2.45) is 5.10 Å². The van der Waals surface area contributed by atoms with E-state index in [-0.39, 0.29) is 5.56 Å². The van der Waals surface area contributed by atoms with Crippen LogP contribution >= 0.6 is 0 Å². The Morgan fingerprint density at radius 3 is 2.14 bits per heavy atom. The van der Waals surface area contributed by atoms with Gasteiger partial charge in [-0.25, -0.2) is 5.43 Å². The first-order chi connectivity index (χ1) is 9.99. The SMILES string of the molecule is CC(=NNC(=O)c1cc(O)c(O)c(O)c1)c1ccccc1. The summed E-state index contributed by atoms with van der Waals surface area (Å²) in [7, 11) is 0. The monoisotopic (exact) mass is 286 g/mol. The molecule has 0 heterocycles. The molecule has 2 aromatic rings. The van der Waals surface area contributed by atoms with Crippen molar-refractivity contribution in [1.82, 2.24) is 5.43 Å². The van der Waals surface area contributed by atoms with Gasteiger partial charge in [0.25, 0.3) is 5.91 Å². The predicted octanol–water partition coefficient (Wildman–Crippen LogP) is 1.96. The van der Waals surface area contributed by atoms with Crippen LogP contribution in [0.3, 0.4) is 0 Å². The Hall–Kier alpha value is -3.02. The van der Waals surface area contributed by atoms with Gasteiger partial charge in [-0.2, -0.15) is 5.10 Å². The van der Waals surface area contributed by atoms with E-state index in [0.29, 0.717) is 5.71 Å². The van der Waals surface area contributed by atoms with Gasteiger partial charge in [-0.1, -0.05) is 30.3 Å². The van der Waals surface area contributed by atoms with Gasteiger partial charge in [0.2, 0.25) is 0 Å². The molecule has 2 rings (SSSR count). The Balaban J connectivity index is 2.15. The minimum Gasteiger partial charge on any atom is -0.504 e. The van der Waals surface area contributed by atoms with E-state index in [1.54, 1.807) is 6.92 Å². The van der Waals surface area contributed by atoms with Gasteiger partial charge in [0, 0.05) is 5.56 Å². The number of hydrazone groups is 1. The summed E-state index contributed by atoms with van der Waals surface area (Å²) < 4.78 is 0. The molecule has 4 N–H and O–H groups in total. The van der Waals surface area contributed by atoms with Crippen molar-refractivity contribution in [2.45, 2.75) is 6.92 Å². The molecule has 2 aromatic carbocycles. The van der Waals surface area contributed by atoms with E-state index in [4.69, 9.17) is 0 Å². The third-order valence-electron chi connectivity index (χ3n) is 2.85. The highest BCUT2D eigenvalue weighted by atomic mass is 16.3. The summed E-state index contributed by atoms with van der Waals surface area (Å²) in [5, 5.41) is 31.9. The van der Waals surface area contributed by atoms with E-state index in [2.05, 4.69) is 10.5 Å². The zero-order chi connectivity index (χ0) is 15.4. The molecule has 0 bridgehead atoms. The summed E-state index contributed by atoms with van der Waals surface area (Å²) in [4.78, 5) is 11.9. The number of carbonyl (C=O) groups is 1. The standard InChI is InChI=1S/C15H14N2O4/c1-9(10-5-3-2-4-6-10)16-17-15(21)11-7-12(18)14(20)13(19)8-11/h2-8,18-20H,1H3,(H,17,21). The molecule has 0 saturated heterocycles. The number of benzene rings is 2. The average Bonchev–Trinajstić information content (AvgIpc) is 2.50. The highest BCUT2D eigenvalue weighted by Crippen LogP contribution is 2.35. The molecule has 108 valence electrons. The van der Waals surface area contributed by atoms with Gasteiger partial charge in [0.1, 0.15) is 0 Å². The fraction of sp³-hybridized carbons (Fsp3) is 0.0667. The van der Waals surface area contributed by atoms with Crippen LogP contribution in [0, 0.1) is 0 Å². The molecule has 0 radical (unpaired) electrons. The lowest BCUT2D eigenvalue weighted by molar-refractivity contribution is 0.0954. The maximum absolute atomic E-state index is 11.9. The van der Waals surface area contributed by atoms with E-state index in [9.17, 15) is 20.1 Å². The topological polar surface area (TPSA) is 102 Å². The van der Waals surface area contributed by atoms with E-state index >= 15 is 0 Å². The van der Waals surface area contributed by atoms with Gasteiger partial charge in [-0.3, -0.25) is 4.79 Å². The summed E-state index contributed by atoms with van der Waals surface area (Å²) in [6, 6.07) is 11.4. The number of nitrogens with one attached hydrogen (secondary N) is 1. The molecule has 0 aliphatic rings. The molecule has 0 fully saturated rings. The molecule has 0 atom stereocenters. The molecule has 0 unspecified atom stereocenters. The Morgan fingerprint density at radius 2 is 1.57 bits per heavy atom. The third-order valence-corrected chi connectivity index (χ3v) is 2.85. The second kappa shape index (κ2) is 5.96. The van der Waals surface area contributed by atoms with Gasteiger partial charge >= 0.3 is 0 Å². The first-order valence-corrected chi connectivity index (χ1v) is 6.14. The number of hydrogen-bond donors (Lipinski definition) is 4. The molecule has 0 aliphatic carbocycles. The minimum absolute atomic E-state index is 0.0209. The number of nitrogens with zero attached hydrogens (tertiary/aromatic N) is 1. The Kier molecular flexibility index (Phi) is 4.08. The van der Waals surface area contributed by atoms with Crippen LogP contribution in [-0.2, 0) is 0 Å². The van der Waals surface area contributed by atoms with Crippen molar-refractivity contribution in [1.29, 1.82) is 0 Å². The van der Waals surface area contributed by atoms with Crippen LogP contribution in [0.15, 0.2) is 47.6 Å². The number of hydrogen-bond acceptors (Lipinski definition) is 5. The summed E-state index contributed by atoms with van der Waals surface area (Å²) >= 11 is 0. The predicted molar refractivity (Wildman–Crippen MR) is 77.6 cm³/mol. The van der Waals surface area contributed by atoms with Crippen LogP contribution in [0.2, 0.25) is 0 Å². The van der Waals surface area contributed by atoms with Gasteiger partial charge in [-0.05, 0) is 24.6 Å². The number of carbonyl (C=O) groups excluding carboxylic acids is 1. The third kappa shape index (κ3) is 3.30. The molecule has 0 saturated carbocycles. The van der Waals surface area contributed by atoms with Crippen molar-refractivity contribution >= 4 is 11.6 Å². The van der Waals surface area contributed by atoms with Gasteiger partial charge in [-0.15, -0.1) is 0 Å². The Bertz CT molecular complexity index is 673. The van der Waals surface area contributed by atoms with Crippen molar-refractivity contribution < 1.29 is 20.1 Å². The molecule has 1 amide bonds. The van der Waals surface area contributed by atoms with E-state index in [1.807, 2.05) is 30.3 Å². The zero-order valence-electron chi connectivity index (χ0n) is 11.2. The largest absolute Gasteiger partial charge is 0.504 e. The molecule has 21 heavy (non-hydrogen) atoms. The smallest absolute Gasteiger partial charge is 0.271 e. The summed E-state index contributed by atoms with van der Waals surface area (Å²) in [5.41, 5.74) is 3.76. The van der Waals surface area contributed by atoms with Crippen LogP contribution in [0.5, 0.6) is 17.2 Å². The quantitative estimate of drug-likeness (QED) is 0.393. The van der Waals surface area contributed by atoms with Crippen LogP contribution in [0.25, 0.3) is 0 Å². The van der Waals surface area contributed by atoms with Gasteiger partial charge < -0.3 is 15.3 Å². The molecular formula is C15H14N2O4. The average molecular weight is 286 g/mol. The number of amides is 1. The maximum atomic E-state index is 11.9. The van der Waals surface area contributed by atoms with E-state index in [0.717, 1.165) is 17.7 Å². The summed E-state index contributed by atoms with van der Waals surface area (Å²) in [6.07, 6.45) is 0. The van der Waals surface area contributed by atoms with E-state index < -0.39 is 23.2 Å². The Labute approximate surface area is 121 Å². The highest BCUT2D eigenvalue weighted by molar-refractivity contribution is 6.01. The lowest BCUT2D eigenvalue weighted by Gasteiger charge is -2.05. The normalized spacial score (nSPS) is 11.2. The molecule has 6 nitrogen and oxygen atoms in total. The molecule has 0 aliphatic heterocycles. The lowest BCUT2D eigenvalue weighted by Crippen LogP contribution is -2.19. The van der Waals surface area contributed by atoms with Gasteiger partial charge in [0.05, 0.1) is 5.71 Å². The molecule has 0 aromatic heterocycles. The second-order valence-corrected chi connectivity index (χ2v) is 4.37.